The number of rotatable bonds is 5. The lowest BCUT2D eigenvalue weighted by Crippen LogP contribution is -2.33. The Morgan fingerprint density at radius 3 is 2.60 bits per heavy atom. The van der Waals surface area contributed by atoms with Gasteiger partial charge in [0.2, 0.25) is 10.0 Å². The van der Waals surface area contributed by atoms with E-state index >= 15 is 0 Å². The number of sulfonamides is 1. The van der Waals surface area contributed by atoms with Gasteiger partial charge in [0.15, 0.2) is 0 Å². The molecule has 1 aliphatic heterocycles. The molecule has 1 atom stereocenters. The van der Waals surface area contributed by atoms with E-state index in [0.29, 0.717) is 17.4 Å². The highest BCUT2D eigenvalue weighted by molar-refractivity contribution is 8.06. The Bertz CT molecular complexity index is 566. The Balaban J connectivity index is 2.00. The van der Waals surface area contributed by atoms with E-state index < -0.39 is 10.0 Å². The van der Waals surface area contributed by atoms with Crippen molar-refractivity contribution in [3.05, 3.63) is 29.8 Å². The number of hydrogen-bond acceptors (Lipinski definition) is 5. The molecule has 2 rings (SSSR count). The zero-order chi connectivity index (χ0) is 14.6. The molecule has 0 spiro atoms. The van der Waals surface area contributed by atoms with Crippen molar-refractivity contribution in [2.45, 2.75) is 10.1 Å². The summed E-state index contributed by atoms with van der Waals surface area (Å²) in [5.41, 5.74) is 6.16. The van der Waals surface area contributed by atoms with Crippen LogP contribution in [0, 0.1) is 0 Å². The van der Waals surface area contributed by atoms with Gasteiger partial charge in [-0.1, -0.05) is 24.4 Å². The average molecular weight is 349 g/mol. The molecule has 1 unspecified atom stereocenters. The minimum absolute atomic E-state index is 0.242. The lowest BCUT2D eigenvalue weighted by atomic mass is 10.2. The highest BCUT2D eigenvalue weighted by Crippen LogP contribution is 2.23. The second-order valence-electron chi connectivity index (χ2n) is 4.31. The van der Waals surface area contributed by atoms with Crippen molar-refractivity contribution in [3.8, 4) is 0 Å². The summed E-state index contributed by atoms with van der Waals surface area (Å²) >= 11 is 8.54. The predicted octanol–water partition coefficient (Wildman–Crippen LogP) is 1.45. The molecule has 1 aliphatic rings. The Labute approximate surface area is 133 Å². The van der Waals surface area contributed by atoms with Crippen molar-refractivity contribution in [1.82, 2.24) is 4.72 Å². The summed E-state index contributed by atoms with van der Waals surface area (Å²) in [7, 11) is -3.46. The van der Waals surface area contributed by atoms with E-state index in [1.165, 1.54) is 12.1 Å². The molecule has 4 nitrogen and oxygen atoms in total. The third kappa shape index (κ3) is 4.36. The lowest BCUT2D eigenvalue weighted by Gasteiger charge is -2.21. The highest BCUT2D eigenvalue weighted by atomic mass is 32.2. The fraction of sp³-hybridized carbons (Fsp3) is 0.417. The first-order valence-electron chi connectivity index (χ1n) is 6.08. The van der Waals surface area contributed by atoms with Gasteiger partial charge in [-0.3, -0.25) is 0 Å². The largest absolute Gasteiger partial charge is 0.389 e. The van der Waals surface area contributed by atoms with Crippen molar-refractivity contribution in [2.75, 3.05) is 23.8 Å². The van der Waals surface area contributed by atoms with Crippen LogP contribution in [0.1, 0.15) is 5.56 Å². The fourth-order valence-corrected chi connectivity index (χ4v) is 5.67. The van der Waals surface area contributed by atoms with Crippen LogP contribution in [0.15, 0.2) is 29.2 Å². The van der Waals surface area contributed by atoms with Crippen LogP contribution in [-0.2, 0) is 10.0 Å². The van der Waals surface area contributed by atoms with Crippen LogP contribution in [0.25, 0.3) is 0 Å². The van der Waals surface area contributed by atoms with Crippen LogP contribution in [0.2, 0.25) is 0 Å². The van der Waals surface area contributed by atoms with E-state index in [9.17, 15) is 8.42 Å². The molecular formula is C12H16N2O2S4. The highest BCUT2D eigenvalue weighted by Gasteiger charge is 2.19. The quantitative estimate of drug-likeness (QED) is 0.785. The van der Waals surface area contributed by atoms with Crippen LogP contribution in [0.3, 0.4) is 0 Å². The Kier molecular flexibility index (Phi) is 5.74. The van der Waals surface area contributed by atoms with Crippen LogP contribution < -0.4 is 10.5 Å². The fourth-order valence-electron chi connectivity index (χ4n) is 1.74. The average Bonchev–Trinajstić information content (AvgIpc) is 2.46. The summed E-state index contributed by atoms with van der Waals surface area (Å²) in [5, 5.41) is 0.347. The lowest BCUT2D eigenvalue weighted by molar-refractivity contribution is 0.581. The van der Waals surface area contributed by atoms with Crippen molar-refractivity contribution in [2.24, 2.45) is 5.73 Å². The van der Waals surface area contributed by atoms with E-state index in [1.807, 2.05) is 23.5 Å². The van der Waals surface area contributed by atoms with Gasteiger partial charge in [-0.2, -0.15) is 23.5 Å². The number of nitrogens with one attached hydrogen (secondary N) is 1. The molecule has 8 heteroatoms. The second-order valence-corrected chi connectivity index (χ2v) is 9.07. The van der Waals surface area contributed by atoms with Gasteiger partial charge in [0.25, 0.3) is 0 Å². The summed E-state index contributed by atoms with van der Waals surface area (Å²) < 4.78 is 27.0. The molecule has 1 saturated heterocycles. The topological polar surface area (TPSA) is 72.2 Å². The number of benzene rings is 1. The van der Waals surface area contributed by atoms with Gasteiger partial charge < -0.3 is 5.73 Å². The molecule has 0 aliphatic carbocycles. The van der Waals surface area contributed by atoms with E-state index in [0.717, 1.165) is 17.3 Å². The Hall–Kier alpha value is -0.280. The molecule has 1 aromatic rings. The molecule has 0 radical (unpaired) electrons. The van der Waals surface area contributed by atoms with Gasteiger partial charge in [0.1, 0.15) is 4.99 Å². The molecule has 0 amide bonds. The SMILES string of the molecule is NC(=S)c1ccc(S(=O)(=O)NCC2CSCCS2)cc1. The number of thioether (sulfide) groups is 2. The summed E-state index contributed by atoms with van der Waals surface area (Å²) in [6.45, 7) is 0.469. The maximum absolute atomic E-state index is 12.2. The van der Waals surface area contributed by atoms with Crippen LogP contribution in [0.4, 0.5) is 0 Å². The maximum Gasteiger partial charge on any atom is 0.240 e. The van der Waals surface area contributed by atoms with Crippen LogP contribution in [0.5, 0.6) is 0 Å². The third-order valence-corrected chi connectivity index (χ3v) is 7.36. The summed E-state index contributed by atoms with van der Waals surface area (Å²) in [6, 6.07) is 6.31. The summed E-state index contributed by atoms with van der Waals surface area (Å²) in [6.07, 6.45) is 0. The Morgan fingerprint density at radius 1 is 1.35 bits per heavy atom. The van der Waals surface area contributed by atoms with Gasteiger partial charge in [-0.25, -0.2) is 13.1 Å². The van der Waals surface area contributed by atoms with Gasteiger partial charge >= 0.3 is 0 Å². The minimum atomic E-state index is -3.46. The van der Waals surface area contributed by atoms with Gasteiger partial charge in [-0.15, -0.1) is 0 Å². The minimum Gasteiger partial charge on any atom is -0.389 e. The number of nitrogens with two attached hydrogens (primary N) is 1. The normalized spacial score (nSPS) is 19.7. The van der Waals surface area contributed by atoms with E-state index in [4.69, 9.17) is 18.0 Å². The molecule has 110 valence electrons. The first kappa shape index (κ1) is 16.1. The second kappa shape index (κ2) is 7.13. The Morgan fingerprint density at radius 2 is 2.05 bits per heavy atom. The number of hydrogen-bond donors (Lipinski definition) is 2. The zero-order valence-electron chi connectivity index (χ0n) is 10.7. The molecular weight excluding hydrogens is 332 g/mol. The molecule has 1 heterocycles. The molecule has 20 heavy (non-hydrogen) atoms. The van der Waals surface area contributed by atoms with Crippen molar-refractivity contribution < 1.29 is 8.42 Å². The smallest absolute Gasteiger partial charge is 0.240 e. The number of thiocarbonyl (C=S) groups is 1. The summed E-state index contributed by atoms with van der Waals surface area (Å²) in [4.78, 5) is 0.503. The molecule has 0 aromatic heterocycles. The van der Waals surface area contributed by atoms with Crippen molar-refractivity contribution in [3.63, 3.8) is 0 Å². The van der Waals surface area contributed by atoms with Gasteiger partial charge in [-0.05, 0) is 12.1 Å². The zero-order valence-corrected chi connectivity index (χ0v) is 14.0. The van der Waals surface area contributed by atoms with E-state index in [-0.39, 0.29) is 9.88 Å². The standard InChI is InChI=1S/C12H16N2O2S4/c13-12(17)9-1-3-11(4-2-9)20(15,16)14-7-10-8-18-5-6-19-10/h1-4,10,14H,5-8H2,(H2,13,17). The first-order chi connectivity index (χ1) is 9.49. The maximum atomic E-state index is 12.2. The molecule has 1 aromatic carbocycles. The molecule has 0 bridgehead atoms. The first-order valence-corrected chi connectivity index (χ1v) is 10.2. The molecule has 1 fully saturated rings. The van der Waals surface area contributed by atoms with E-state index in [2.05, 4.69) is 4.72 Å². The van der Waals surface area contributed by atoms with Gasteiger partial charge in [0, 0.05) is 34.6 Å². The van der Waals surface area contributed by atoms with Crippen molar-refractivity contribution in [1.29, 1.82) is 0 Å². The third-order valence-electron chi connectivity index (χ3n) is 2.84. The molecule has 0 saturated carbocycles. The van der Waals surface area contributed by atoms with Crippen molar-refractivity contribution >= 4 is 50.8 Å². The monoisotopic (exact) mass is 348 g/mol. The molecule has 3 N–H and O–H groups in total. The van der Waals surface area contributed by atoms with Gasteiger partial charge in [0.05, 0.1) is 4.90 Å². The van der Waals surface area contributed by atoms with Crippen LogP contribution >= 0.6 is 35.7 Å². The predicted molar refractivity (Wildman–Crippen MR) is 91.1 cm³/mol. The van der Waals surface area contributed by atoms with E-state index in [1.54, 1.807) is 12.1 Å². The summed E-state index contributed by atoms with van der Waals surface area (Å²) in [5.74, 6) is 3.22. The van der Waals surface area contributed by atoms with Crippen LogP contribution in [-0.4, -0.2) is 42.5 Å².